The van der Waals surface area contributed by atoms with Crippen molar-refractivity contribution in [3.8, 4) is 11.5 Å². The summed E-state index contributed by atoms with van der Waals surface area (Å²) in [6.45, 7) is -0.259. The Kier molecular flexibility index (Phi) is 6.33. The lowest BCUT2D eigenvalue weighted by Gasteiger charge is -2.20. The van der Waals surface area contributed by atoms with E-state index in [1.807, 2.05) is 6.07 Å². The number of rotatable bonds is 7. The maximum atomic E-state index is 12.4. The number of carbonyl (C=O) groups excluding carboxylic acids is 3. The Hall–Kier alpha value is -3.55. The van der Waals surface area contributed by atoms with E-state index < -0.39 is 24.4 Å². The van der Waals surface area contributed by atoms with Gasteiger partial charge in [0, 0.05) is 24.7 Å². The fourth-order valence-corrected chi connectivity index (χ4v) is 3.08. The number of nitrogens with zero attached hydrogens (tertiary/aromatic N) is 1. The van der Waals surface area contributed by atoms with Gasteiger partial charge in [0.2, 0.25) is 5.91 Å². The van der Waals surface area contributed by atoms with Gasteiger partial charge in [0.05, 0.1) is 25.8 Å². The monoisotopic (exact) mass is 398 g/mol. The molecule has 29 heavy (non-hydrogen) atoms. The first kappa shape index (κ1) is 20.2. The summed E-state index contributed by atoms with van der Waals surface area (Å²) in [5, 5.41) is 2.64. The van der Waals surface area contributed by atoms with E-state index in [0.717, 1.165) is 0 Å². The molecule has 0 aromatic heterocycles. The fraction of sp³-hybridized carbons (Fsp3) is 0.286. The smallest absolute Gasteiger partial charge is 0.311 e. The Morgan fingerprint density at radius 3 is 2.55 bits per heavy atom. The van der Waals surface area contributed by atoms with Crippen molar-refractivity contribution >= 4 is 29.2 Å². The first-order chi connectivity index (χ1) is 14.0. The van der Waals surface area contributed by atoms with Crippen LogP contribution in [0.3, 0.4) is 0 Å². The maximum Gasteiger partial charge on any atom is 0.311 e. The van der Waals surface area contributed by atoms with Crippen LogP contribution in [0.5, 0.6) is 11.5 Å². The highest BCUT2D eigenvalue weighted by molar-refractivity contribution is 6.01. The Labute approximate surface area is 168 Å². The Morgan fingerprint density at radius 2 is 1.86 bits per heavy atom. The minimum atomic E-state index is -0.654. The van der Waals surface area contributed by atoms with E-state index in [0.29, 0.717) is 22.9 Å². The third-order valence-corrected chi connectivity index (χ3v) is 4.54. The van der Waals surface area contributed by atoms with Crippen LogP contribution >= 0.6 is 0 Å². The number of methoxy groups -OCH3 is 2. The molecule has 2 aromatic rings. The minimum Gasteiger partial charge on any atom is -0.497 e. The van der Waals surface area contributed by atoms with Gasteiger partial charge < -0.3 is 24.4 Å². The highest BCUT2D eigenvalue weighted by atomic mass is 16.5. The summed E-state index contributed by atoms with van der Waals surface area (Å²) >= 11 is 0. The molecule has 0 saturated carbocycles. The number of nitrogens with one attached hydrogen (secondary N) is 1. The number of esters is 1. The summed E-state index contributed by atoms with van der Waals surface area (Å²) in [5.74, 6) is -0.839. The molecule has 0 spiro atoms. The molecule has 152 valence electrons. The van der Waals surface area contributed by atoms with Gasteiger partial charge in [-0.3, -0.25) is 14.4 Å². The second kappa shape index (κ2) is 9.09. The average Bonchev–Trinajstić information content (AvgIpc) is 3.13. The molecule has 0 aliphatic carbocycles. The molecule has 1 N–H and O–H groups in total. The highest BCUT2D eigenvalue weighted by Gasteiger charge is 2.37. The van der Waals surface area contributed by atoms with E-state index in [1.165, 1.54) is 19.1 Å². The molecule has 2 amide bonds. The number of hydrogen-bond donors (Lipinski definition) is 1. The van der Waals surface area contributed by atoms with Crippen LogP contribution in [0.4, 0.5) is 11.4 Å². The van der Waals surface area contributed by atoms with Crippen molar-refractivity contribution in [1.82, 2.24) is 0 Å². The standard InChI is InChI=1S/C21H22N2O6/c1-27-16-8-9-17(18(11-16)28-2)23-12-14(10-20(23)25)21(26)29-13-19(24)22-15-6-4-3-5-7-15/h3-9,11,14H,10,12-13H2,1-2H3,(H,22,24)/t14-/m0/s1. The predicted octanol–water partition coefficient (Wildman–Crippen LogP) is 2.24. The number of carbonyl (C=O) groups is 3. The van der Waals surface area contributed by atoms with Crippen molar-refractivity contribution in [3.63, 3.8) is 0 Å². The van der Waals surface area contributed by atoms with E-state index in [-0.39, 0.29) is 18.9 Å². The molecule has 3 rings (SSSR count). The molecule has 8 heteroatoms. The third kappa shape index (κ3) is 4.84. The van der Waals surface area contributed by atoms with E-state index >= 15 is 0 Å². The number of benzene rings is 2. The van der Waals surface area contributed by atoms with Crippen LogP contribution in [-0.2, 0) is 19.1 Å². The zero-order chi connectivity index (χ0) is 20.8. The molecule has 1 aliphatic rings. The SMILES string of the molecule is COc1ccc(N2C[C@@H](C(=O)OCC(=O)Nc3ccccc3)CC2=O)c(OC)c1. The van der Waals surface area contributed by atoms with Crippen LogP contribution < -0.4 is 19.7 Å². The van der Waals surface area contributed by atoms with Crippen LogP contribution in [-0.4, -0.2) is 45.2 Å². The van der Waals surface area contributed by atoms with Gasteiger partial charge >= 0.3 is 5.97 Å². The third-order valence-electron chi connectivity index (χ3n) is 4.54. The molecule has 1 saturated heterocycles. The first-order valence-corrected chi connectivity index (χ1v) is 9.05. The quantitative estimate of drug-likeness (QED) is 0.719. The van der Waals surface area contributed by atoms with Gasteiger partial charge in [0.25, 0.3) is 5.91 Å². The number of hydrogen-bond acceptors (Lipinski definition) is 6. The summed E-state index contributed by atoms with van der Waals surface area (Å²) in [4.78, 5) is 38.2. The van der Waals surface area contributed by atoms with Gasteiger partial charge in [-0.1, -0.05) is 18.2 Å². The van der Waals surface area contributed by atoms with Crippen LogP contribution in [0, 0.1) is 5.92 Å². The lowest BCUT2D eigenvalue weighted by atomic mass is 10.1. The molecule has 1 atom stereocenters. The van der Waals surface area contributed by atoms with E-state index in [9.17, 15) is 14.4 Å². The van der Waals surface area contributed by atoms with Crippen LogP contribution in [0.1, 0.15) is 6.42 Å². The highest BCUT2D eigenvalue weighted by Crippen LogP contribution is 2.36. The van der Waals surface area contributed by atoms with Crippen molar-refractivity contribution in [2.45, 2.75) is 6.42 Å². The van der Waals surface area contributed by atoms with Gasteiger partial charge in [0.15, 0.2) is 6.61 Å². The van der Waals surface area contributed by atoms with E-state index in [4.69, 9.17) is 14.2 Å². The van der Waals surface area contributed by atoms with E-state index in [2.05, 4.69) is 5.32 Å². The number of ether oxygens (including phenoxy) is 3. The van der Waals surface area contributed by atoms with Crippen molar-refractivity contribution in [3.05, 3.63) is 48.5 Å². The van der Waals surface area contributed by atoms with Gasteiger partial charge in [-0.15, -0.1) is 0 Å². The van der Waals surface area contributed by atoms with Gasteiger partial charge in [-0.25, -0.2) is 0 Å². The second-order valence-electron chi connectivity index (χ2n) is 6.47. The van der Waals surface area contributed by atoms with Crippen molar-refractivity contribution in [1.29, 1.82) is 0 Å². The number of anilines is 2. The molecule has 1 heterocycles. The van der Waals surface area contributed by atoms with Crippen LogP contribution in [0.2, 0.25) is 0 Å². The normalized spacial score (nSPS) is 15.7. The Morgan fingerprint density at radius 1 is 1.10 bits per heavy atom. The molecule has 0 unspecified atom stereocenters. The topological polar surface area (TPSA) is 94.2 Å². The summed E-state index contributed by atoms with van der Waals surface area (Å²) in [5.41, 5.74) is 1.16. The van der Waals surface area contributed by atoms with Crippen molar-refractivity contribution in [2.75, 3.05) is 37.6 Å². The summed E-state index contributed by atoms with van der Waals surface area (Å²) in [7, 11) is 3.03. The molecule has 0 bridgehead atoms. The molecule has 8 nitrogen and oxygen atoms in total. The summed E-state index contributed by atoms with van der Waals surface area (Å²) in [6.07, 6.45) is 0.00826. The largest absolute Gasteiger partial charge is 0.497 e. The summed E-state index contributed by atoms with van der Waals surface area (Å²) < 4.78 is 15.6. The Balaban J connectivity index is 1.58. The summed E-state index contributed by atoms with van der Waals surface area (Å²) in [6, 6.07) is 14.0. The van der Waals surface area contributed by atoms with Crippen LogP contribution in [0.15, 0.2) is 48.5 Å². The Bertz CT molecular complexity index is 899. The van der Waals surface area contributed by atoms with Crippen molar-refractivity contribution < 1.29 is 28.6 Å². The molecule has 2 aromatic carbocycles. The first-order valence-electron chi connectivity index (χ1n) is 9.05. The fourth-order valence-electron chi connectivity index (χ4n) is 3.08. The predicted molar refractivity (Wildman–Crippen MR) is 106 cm³/mol. The molecular formula is C21H22N2O6. The van der Waals surface area contributed by atoms with E-state index in [1.54, 1.807) is 42.5 Å². The zero-order valence-electron chi connectivity index (χ0n) is 16.2. The number of para-hydroxylation sites is 1. The lowest BCUT2D eigenvalue weighted by molar-refractivity contribution is -0.151. The average molecular weight is 398 g/mol. The minimum absolute atomic E-state index is 0.00826. The maximum absolute atomic E-state index is 12.4. The molecule has 0 radical (unpaired) electrons. The van der Waals surface area contributed by atoms with Crippen molar-refractivity contribution in [2.24, 2.45) is 5.92 Å². The van der Waals surface area contributed by atoms with Gasteiger partial charge in [-0.2, -0.15) is 0 Å². The molecular weight excluding hydrogens is 376 g/mol. The van der Waals surface area contributed by atoms with Gasteiger partial charge in [-0.05, 0) is 24.3 Å². The lowest BCUT2D eigenvalue weighted by Crippen LogP contribution is -2.28. The zero-order valence-corrected chi connectivity index (χ0v) is 16.2. The number of amides is 2. The second-order valence-corrected chi connectivity index (χ2v) is 6.47. The van der Waals surface area contributed by atoms with Crippen LogP contribution in [0.25, 0.3) is 0 Å². The van der Waals surface area contributed by atoms with Gasteiger partial charge in [0.1, 0.15) is 11.5 Å². The molecule has 1 fully saturated rings. The molecule has 1 aliphatic heterocycles.